The number of hydrogen-bond donors (Lipinski definition) is 3. The second-order valence-electron chi connectivity index (χ2n) is 24.5. The normalized spacial score (nSPS) is 14.6. The van der Waals surface area contributed by atoms with Crippen LogP contribution in [0.2, 0.25) is 0 Å². The van der Waals surface area contributed by atoms with Gasteiger partial charge in [-0.1, -0.05) is 240 Å². The first kappa shape index (κ1) is 91.7. The molecule has 19 heteroatoms. The van der Waals surface area contributed by atoms with Crippen LogP contribution in [-0.2, 0) is 65.4 Å². The van der Waals surface area contributed by atoms with Gasteiger partial charge in [-0.3, -0.25) is 37.3 Å². The molecule has 0 spiro atoms. The number of carbonyl (C=O) groups excluding carboxylic acids is 4. The summed E-state index contributed by atoms with van der Waals surface area (Å²) in [7, 11) is -9.96. The first-order chi connectivity index (χ1) is 46.7. The summed E-state index contributed by atoms with van der Waals surface area (Å²) in [5, 5.41) is 10.6. The summed E-state index contributed by atoms with van der Waals surface area (Å²) in [5.41, 5.74) is 0. The molecule has 0 aromatic carbocycles. The van der Waals surface area contributed by atoms with Gasteiger partial charge in [-0.05, 0) is 141 Å². The van der Waals surface area contributed by atoms with Gasteiger partial charge in [-0.2, -0.15) is 0 Å². The maximum Gasteiger partial charge on any atom is 0.472 e. The highest BCUT2D eigenvalue weighted by Gasteiger charge is 2.30. The van der Waals surface area contributed by atoms with Crippen LogP contribution in [0.1, 0.15) is 297 Å². The molecule has 0 bridgehead atoms. The van der Waals surface area contributed by atoms with Crippen LogP contribution in [0, 0.1) is 0 Å². The van der Waals surface area contributed by atoms with Crippen molar-refractivity contribution >= 4 is 39.5 Å². The van der Waals surface area contributed by atoms with Gasteiger partial charge in [-0.25, -0.2) is 9.13 Å². The molecule has 0 aliphatic rings. The molecule has 0 fully saturated rings. The molecule has 0 amide bonds. The lowest BCUT2D eigenvalue weighted by Gasteiger charge is -2.21. The lowest BCUT2D eigenvalue weighted by molar-refractivity contribution is -0.161. The number of aliphatic hydroxyl groups excluding tert-OH is 1. The Balaban J connectivity index is 5.34. The average molecular weight is 1390 g/mol. The molecular weight excluding hydrogens is 1260 g/mol. The summed E-state index contributed by atoms with van der Waals surface area (Å²) in [5.74, 6) is -2.24. The average Bonchev–Trinajstić information content (AvgIpc) is 1.11. The number of ether oxygens (including phenoxy) is 4. The molecule has 0 aliphatic heterocycles. The minimum absolute atomic E-state index is 0.0751. The molecule has 96 heavy (non-hydrogen) atoms. The van der Waals surface area contributed by atoms with E-state index < -0.39 is 97.5 Å². The standard InChI is InChI=1S/C77H132O17P2/c1-5-9-13-17-21-25-29-32-33-34-35-36-37-40-43-46-50-54-58-62-75(80)88-67-72(93-76(81)63-59-55-51-47-41-28-24-20-16-12-8-4)69-91-95(83,84)89-65-71(78)66-90-96(85,86)92-70-73(94-77(82)64-60-56-52-48-44-39-31-27-23-19-15-11-7-3)68-87-74(79)61-57-53-49-45-42-38-30-26-22-18-14-10-6-2/h9,13-14,18,20-21,24-27,30-33,35-36,40,43,71-73,78H,5-8,10-12,15-17,19,22-23,28-29,34,37-39,41-42,44-70H2,1-4H3,(H,83,84)(H,85,86)/b13-9-,18-14-,24-20-,25-21-,30-26-,31-27-,33-32-,36-35-,43-40-. The van der Waals surface area contributed by atoms with Crippen LogP contribution in [0.5, 0.6) is 0 Å². The molecule has 0 aliphatic carbocycles. The van der Waals surface area contributed by atoms with E-state index in [4.69, 9.17) is 37.0 Å². The molecule has 0 rings (SSSR count). The fourth-order valence-electron chi connectivity index (χ4n) is 9.49. The van der Waals surface area contributed by atoms with Gasteiger partial charge in [-0.15, -0.1) is 0 Å². The van der Waals surface area contributed by atoms with Crippen molar-refractivity contribution in [1.82, 2.24) is 0 Å². The van der Waals surface area contributed by atoms with E-state index in [1.165, 1.54) is 38.5 Å². The third-order valence-corrected chi connectivity index (χ3v) is 17.1. The molecule has 17 nitrogen and oxygen atoms in total. The number of hydrogen-bond acceptors (Lipinski definition) is 15. The SMILES string of the molecule is CC/C=C\C/C=C\C/C=C\C/C=C\C/C=C\CCCCCC(=O)OCC(COP(=O)(O)OCC(O)COP(=O)(O)OCC(COC(=O)CCCCCCC/C=C\C/C=C\CCC)OC(=O)CCCCCCC/C=C\CCCCCC)OC(=O)CCCCCCC/C=C\CCCC. The second-order valence-corrected chi connectivity index (χ2v) is 27.4. The summed E-state index contributed by atoms with van der Waals surface area (Å²) in [6, 6.07) is 0. The smallest absolute Gasteiger partial charge is 0.462 e. The van der Waals surface area contributed by atoms with Gasteiger partial charge in [0, 0.05) is 25.7 Å². The van der Waals surface area contributed by atoms with Crippen molar-refractivity contribution in [2.24, 2.45) is 0 Å². The number of phosphoric acid groups is 2. The maximum atomic E-state index is 13.0. The number of unbranched alkanes of at least 4 members (excludes halogenated alkanes) is 25. The Morgan fingerprint density at radius 1 is 0.302 bits per heavy atom. The quantitative estimate of drug-likeness (QED) is 0.0169. The van der Waals surface area contributed by atoms with Gasteiger partial charge < -0.3 is 33.8 Å². The molecule has 0 aromatic heterocycles. The molecular formula is C77H132O17P2. The fourth-order valence-corrected chi connectivity index (χ4v) is 11.1. The van der Waals surface area contributed by atoms with Crippen molar-refractivity contribution in [3.05, 3.63) is 109 Å². The fraction of sp³-hybridized carbons (Fsp3) is 0.714. The zero-order valence-electron chi connectivity index (χ0n) is 60.0. The Morgan fingerprint density at radius 2 is 0.573 bits per heavy atom. The highest BCUT2D eigenvalue weighted by molar-refractivity contribution is 7.47. The first-order valence-corrected chi connectivity index (χ1v) is 40.1. The molecule has 0 saturated heterocycles. The lowest BCUT2D eigenvalue weighted by Crippen LogP contribution is -2.30. The number of rotatable bonds is 69. The maximum absolute atomic E-state index is 13.0. The van der Waals surface area contributed by atoms with E-state index in [0.717, 1.165) is 180 Å². The Bertz CT molecular complexity index is 2250. The van der Waals surface area contributed by atoms with E-state index >= 15 is 0 Å². The summed E-state index contributed by atoms with van der Waals surface area (Å²) in [6.07, 6.45) is 72.4. The zero-order valence-corrected chi connectivity index (χ0v) is 61.8. The second kappa shape index (κ2) is 69.2. The number of aliphatic hydroxyl groups is 1. The molecule has 0 saturated carbocycles. The Hall–Kier alpha value is -4.28. The van der Waals surface area contributed by atoms with Crippen LogP contribution in [-0.4, -0.2) is 96.7 Å². The van der Waals surface area contributed by atoms with Crippen LogP contribution >= 0.6 is 15.6 Å². The van der Waals surface area contributed by atoms with E-state index in [-0.39, 0.29) is 25.7 Å². The Labute approximate surface area is 581 Å². The van der Waals surface area contributed by atoms with Crippen molar-refractivity contribution in [2.45, 2.75) is 316 Å². The topological polar surface area (TPSA) is 237 Å². The van der Waals surface area contributed by atoms with Gasteiger partial charge in [0.25, 0.3) is 0 Å². The molecule has 0 aromatic rings. The molecule has 5 unspecified atom stereocenters. The van der Waals surface area contributed by atoms with Gasteiger partial charge in [0.2, 0.25) is 0 Å². The third-order valence-electron chi connectivity index (χ3n) is 15.2. The van der Waals surface area contributed by atoms with Gasteiger partial charge >= 0.3 is 39.5 Å². The number of allylic oxidation sites excluding steroid dienone is 18. The van der Waals surface area contributed by atoms with Crippen LogP contribution in [0.4, 0.5) is 0 Å². The van der Waals surface area contributed by atoms with E-state index in [9.17, 15) is 43.2 Å². The number of phosphoric ester groups is 2. The highest BCUT2D eigenvalue weighted by Crippen LogP contribution is 2.45. The Morgan fingerprint density at radius 3 is 0.927 bits per heavy atom. The number of carbonyl (C=O) groups is 4. The Kier molecular flexibility index (Phi) is 66.1. The van der Waals surface area contributed by atoms with Gasteiger partial charge in [0.15, 0.2) is 12.2 Å². The summed E-state index contributed by atoms with van der Waals surface area (Å²) < 4.78 is 68.3. The zero-order chi connectivity index (χ0) is 70.4. The molecule has 0 heterocycles. The van der Waals surface area contributed by atoms with E-state index in [1.807, 2.05) is 0 Å². The summed E-state index contributed by atoms with van der Waals surface area (Å²) >= 11 is 0. The van der Waals surface area contributed by atoms with Gasteiger partial charge in [0.05, 0.1) is 26.4 Å². The van der Waals surface area contributed by atoms with Crippen molar-refractivity contribution in [3.8, 4) is 0 Å². The van der Waals surface area contributed by atoms with Gasteiger partial charge in [0.1, 0.15) is 19.3 Å². The third kappa shape index (κ3) is 68.3. The van der Waals surface area contributed by atoms with Crippen LogP contribution < -0.4 is 0 Å². The summed E-state index contributed by atoms with van der Waals surface area (Å²) in [4.78, 5) is 72.7. The predicted octanol–water partition coefficient (Wildman–Crippen LogP) is 21.0. The first-order valence-electron chi connectivity index (χ1n) is 37.1. The predicted molar refractivity (Wildman–Crippen MR) is 390 cm³/mol. The molecule has 0 radical (unpaired) electrons. The lowest BCUT2D eigenvalue weighted by atomic mass is 10.1. The van der Waals surface area contributed by atoms with E-state index in [0.29, 0.717) is 25.7 Å². The minimum Gasteiger partial charge on any atom is -0.462 e. The van der Waals surface area contributed by atoms with Crippen LogP contribution in [0.15, 0.2) is 109 Å². The van der Waals surface area contributed by atoms with Crippen molar-refractivity contribution in [2.75, 3.05) is 39.6 Å². The number of esters is 4. The molecule has 3 N–H and O–H groups in total. The van der Waals surface area contributed by atoms with E-state index in [2.05, 4.69) is 137 Å². The largest absolute Gasteiger partial charge is 0.472 e. The van der Waals surface area contributed by atoms with Crippen molar-refractivity contribution in [1.29, 1.82) is 0 Å². The van der Waals surface area contributed by atoms with Crippen molar-refractivity contribution in [3.63, 3.8) is 0 Å². The monoisotopic (exact) mass is 1390 g/mol. The van der Waals surface area contributed by atoms with Crippen LogP contribution in [0.25, 0.3) is 0 Å². The van der Waals surface area contributed by atoms with E-state index in [1.54, 1.807) is 0 Å². The molecule has 552 valence electrons. The highest BCUT2D eigenvalue weighted by atomic mass is 31.2. The molecule has 5 atom stereocenters. The minimum atomic E-state index is -4.98. The summed E-state index contributed by atoms with van der Waals surface area (Å²) in [6.45, 7) is 4.56. The van der Waals surface area contributed by atoms with Crippen molar-refractivity contribution < 1.29 is 80.2 Å². The van der Waals surface area contributed by atoms with Crippen LogP contribution in [0.3, 0.4) is 0 Å².